The lowest BCUT2D eigenvalue weighted by atomic mass is 10.2. The van der Waals surface area contributed by atoms with Crippen LogP contribution < -0.4 is 10.6 Å². The summed E-state index contributed by atoms with van der Waals surface area (Å²) in [5, 5.41) is 30.6. The Morgan fingerprint density at radius 2 is 2.00 bits per heavy atom. The van der Waals surface area contributed by atoms with E-state index >= 15 is 0 Å². The maximum atomic E-state index is 11.7. The zero-order chi connectivity index (χ0) is 16.0. The summed E-state index contributed by atoms with van der Waals surface area (Å²) in [4.78, 5) is 33.0. The van der Waals surface area contributed by atoms with Gasteiger partial charge < -0.3 is 20.8 Å². The Balaban J connectivity index is 2.79. The maximum Gasteiger partial charge on any atom is 0.326 e. The number of nitrogens with one attached hydrogen (secondary N) is 2. The molecule has 0 aliphatic carbocycles. The van der Waals surface area contributed by atoms with Crippen molar-refractivity contribution in [2.75, 3.05) is 5.32 Å². The number of benzene rings is 1. The SMILES string of the molecule is N#Cc1cc(Br)ccc1NC(=O)N[C@@H](CC(=O)O)C(=O)O. The summed E-state index contributed by atoms with van der Waals surface area (Å²) < 4.78 is 0.638. The van der Waals surface area contributed by atoms with Crippen LogP contribution in [0.1, 0.15) is 12.0 Å². The summed E-state index contributed by atoms with van der Waals surface area (Å²) in [5.74, 6) is -2.83. The summed E-state index contributed by atoms with van der Waals surface area (Å²) >= 11 is 3.17. The van der Waals surface area contributed by atoms with Crippen LogP contribution in [-0.4, -0.2) is 34.2 Å². The number of nitrogens with zero attached hydrogens (tertiary/aromatic N) is 1. The fourth-order valence-corrected chi connectivity index (χ4v) is 1.77. The van der Waals surface area contributed by atoms with Crippen molar-refractivity contribution >= 4 is 39.6 Å². The number of carbonyl (C=O) groups is 3. The van der Waals surface area contributed by atoms with E-state index in [0.717, 1.165) is 0 Å². The average molecular weight is 356 g/mol. The third-order valence-corrected chi connectivity index (χ3v) is 2.83. The fraction of sp³-hybridized carbons (Fsp3) is 0.167. The van der Waals surface area contributed by atoms with Crippen molar-refractivity contribution in [3.05, 3.63) is 28.2 Å². The van der Waals surface area contributed by atoms with Gasteiger partial charge in [-0.25, -0.2) is 9.59 Å². The molecule has 110 valence electrons. The number of carboxylic acids is 2. The first-order chi connectivity index (χ1) is 9.83. The first-order valence-corrected chi connectivity index (χ1v) is 6.34. The molecule has 9 heteroatoms. The minimum Gasteiger partial charge on any atom is -0.481 e. The van der Waals surface area contributed by atoms with Crippen LogP contribution in [-0.2, 0) is 9.59 Å². The third-order valence-electron chi connectivity index (χ3n) is 2.33. The van der Waals surface area contributed by atoms with Crippen molar-refractivity contribution in [3.8, 4) is 6.07 Å². The first kappa shape index (κ1) is 16.5. The van der Waals surface area contributed by atoms with E-state index in [0.29, 0.717) is 4.47 Å². The number of carboxylic acid groups (broad SMARTS) is 2. The van der Waals surface area contributed by atoms with Crippen LogP contribution in [0.3, 0.4) is 0 Å². The van der Waals surface area contributed by atoms with Gasteiger partial charge in [0.1, 0.15) is 12.1 Å². The first-order valence-electron chi connectivity index (χ1n) is 5.55. The number of halogens is 1. The van der Waals surface area contributed by atoms with Crippen LogP contribution in [0.5, 0.6) is 0 Å². The largest absolute Gasteiger partial charge is 0.481 e. The number of urea groups is 1. The van der Waals surface area contributed by atoms with Gasteiger partial charge in [0, 0.05) is 4.47 Å². The van der Waals surface area contributed by atoms with Crippen LogP contribution in [0.25, 0.3) is 0 Å². The number of aliphatic carboxylic acids is 2. The van der Waals surface area contributed by atoms with Gasteiger partial charge in [0.2, 0.25) is 0 Å². The molecular formula is C12H10BrN3O5. The molecule has 21 heavy (non-hydrogen) atoms. The molecule has 1 aromatic carbocycles. The molecule has 8 nitrogen and oxygen atoms in total. The topological polar surface area (TPSA) is 140 Å². The Labute approximate surface area is 127 Å². The highest BCUT2D eigenvalue weighted by Crippen LogP contribution is 2.20. The predicted molar refractivity (Wildman–Crippen MR) is 74.7 cm³/mol. The highest BCUT2D eigenvalue weighted by atomic mass is 79.9. The minimum atomic E-state index is -1.57. The smallest absolute Gasteiger partial charge is 0.326 e. The number of amides is 2. The molecule has 0 unspecified atom stereocenters. The number of hydrogen-bond donors (Lipinski definition) is 4. The lowest BCUT2D eigenvalue weighted by Gasteiger charge is -2.14. The number of anilines is 1. The van der Waals surface area contributed by atoms with Gasteiger partial charge in [-0.15, -0.1) is 0 Å². The van der Waals surface area contributed by atoms with E-state index in [9.17, 15) is 14.4 Å². The van der Waals surface area contributed by atoms with E-state index in [-0.39, 0.29) is 11.3 Å². The van der Waals surface area contributed by atoms with Gasteiger partial charge in [-0.3, -0.25) is 4.79 Å². The van der Waals surface area contributed by atoms with Crippen LogP contribution >= 0.6 is 15.9 Å². The number of rotatable bonds is 5. The van der Waals surface area contributed by atoms with Crippen molar-refractivity contribution in [1.82, 2.24) is 5.32 Å². The molecule has 0 aliphatic rings. The van der Waals surface area contributed by atoms with E-state index in [4.69, 9.17) is 15.5 Å². The summed E-state index contributed by atoms with van der Waals surface area (Å²) in [6.45, 7) is 0. The molecule has 0 bridgehead atoms. The van der Waals surface area contributed by atoms with Crippen molar-refractivity contribution in [2.24, 2.45) is 0 Å². The van der Waals surface area contributed by atoms with Crippen molar-refractivity contribution < 1.29 is 24.6 Å². The molecule has 0 fully saturated rings. The highest BCUT2D eigenvalue weighted by molar-refractivity contribution is 9.10. The fourth-order valence-electron chi connectivity index (χ4n) is 1.41. The van der Waals surface area contributed by atoms with Gasteiger partial charge >= 0.3 is 18.0 Å². The Morgan fingerprint density at radius 3 is 2.52 bits per heavy atom. The van der Waals surface area contributed by atoms with Gasteiger partial charge in [-0.2, -0.15) is 5.26 Å². The van der Waals surface area contributed by atoms with E-state index in [1.807, 2.05) is 11.4 Å². The van der Waals surface area contributed by atoms with E-state index in [1.165, 1.54) is 12.1 Å². The van der Waals surface area contributed by atoms with Crippen molar-refractivity contribution in [2.45, 2.75) is 12.5 Å². The molecule has 1 atom stereocenters. The average Bonchev–Trinajstić information content (AvgIpc) is 2.39. The molecule has 0 spiro atoms. The normalized spacial score (nSPS) is 11.0. The van der Waals surface area contributed by atoms with Crippen LogP contribution in [0, 0.1) is 11.3 Å². The van der Waals surface area contributed by atoms with Crippen molar-refractivity contribution in [1.29, 1.82) is 5.26 Å². The Kier molecular flexibility index (Phi) is 5.68. The molecule has 4 N–H and O–H groups in total. The number of nitriles is 1. The van der Waals surface area contributed by atoms with Gasteiger partial charge in [0.25, 0.3) is 0 Å². The minimum absolute atomic E-state index is 0.171. The summed E-state index contributed by atoms with van der Waals surface area (Å²) in [5.41, 5.74) is 0.349. The standard InChI is InChI=1S/C12H10BrN3O5/c13-7-1-2-8(6(3-7)5-14)15-12(21)16-9(11(19)20)4-10(17)18/h1-3,9H,4H2,(H,17,18)(H,19,20)(H2,15,16,21)/t9-/m0/s1. The van der Waals surface area contributed by atoms with Crippen LogP contribution in [0.4, 0.5) is 10.5 Å². The second-order valence-electron chi connectivity index (χ2n) is 3.89. The van der Waals surface area contributed by atoms with E-state index in [1.54, 1.807) is 6.07 Å². The summed E-state index contributed by atoms with van der Waals surface area (Å²) in [6.07, 6.45) is -0.756. The zero-order valence-electron chi connectivity index (χ0n) is 10.5. The molecule has 1 aromatic rings. The van der Waals surface area contributed by atoms with Gasteiger partial charge in [0.05, 0.1) is 17.7 Å². The third kappa shape index (κ3) is 5.12. The second kappa shape index (κ2) is 7.25. The lowest BCUT2D eigenvalue weighted by molar-refractivity contribution is -0.145. The van der Waals surface area contributed by atoms with Gasteiger partial charge in [0.15, 0.2) is 0 Å². The molecule has 0 heterocycles. The van der Waals surface area contributed by atoms with Gasteiger partial charge in [-0.05, 0) is 18.2 Å². The Morgan fingerprint density at radius 1 is 1.33 bits per heavy atom. The molecule has 0 radical (unpaired) electrons. The highest BCUT2D eigenvalue weighted by Gasteiger charge is 2.23. The van der Waals surface area contributed by atoms with Gasteiger partial charge in [-0.1, -0.05) is 15.9 Å². The Hall–Kier alpha value is -2.60. The zero-order valence-corrected chi connectivity index (χ0v) is 12.0. The van der Waals surface area contributed by atoms with E-state index in [2.05, 4.69) is 21.2 Å². The maximum absolute atomic E-state index is 11.7. The van der Waals surface area contributed by atoms with Crippen LogP contribution in [0.2, 0.25) is 0 Å². The molecule has 0 saturated carbocycles. The molecule has 0 aliphatic heterocycles. The van der Waals surface area contributed by atoms with E-state index < -0.39 is 30.4 Å². The molecular weight excluding hydrogens is 346 g/mol. The second-order valence-corrected chi connectivity index (χ2v) is 4.80. The predicted octanol–water partition coefficient (Wildman–Crippen LogP) is 1.37. The monoisotopic (exact) mass is 355 g/mol. The number of hydrogen-bond acceptors (Lipinski definition) is 4. The molecule has 0 saturated heterocycles. The molecule has 2 amide bonds. The summed E-state index contributed by atoms with van der Waals surface area (Å²) in [6, 6.07) is 3.90. The van der Waals surface area contributed by atoms with Crippen LogP contribution in [0.15, 0.2) is 22.7 Å². The lowest BCUT2D eigenvalue weighted by Crippen LogP contribution is -2.44. The Bertz CT molecular complexity index is 626. The number of carbonyl (C=O) groups excluding carboxylic acids is 1. The molecule has 1 rings (SSSR count). The van der Waals surface area contributed by atoms with Crippen molar-refractivity contribution in [3.63, 3.8) is 0 Å². The summed E-state index contributed by atoms with van der Waals surface area (Å²) in [7, 11) is 0. The quantitative estimate of drug-likeness (QED) is 0.628. The molecule has 0 aromatic heterocycles.